The van der Waals surface area contributed by atoms with Crippen LogP contribution in [0.1, 0.15) is 13.3 Å². The Morgan fingerprint density at radius 3 is 1.79 bits per heavy atom. The monoisotopic (exact) mass is 412 g/mol. The molecule has 0 bridgehead atoms. The number of rotatable bonds is 11. The Labute approximate surface area is 156 Å². The van der Waals surface area contributed by atoms with Crippen LogP contribution >= 0.6 is 0 Å². The summed E-state index contributed by atoms with van der Waals surface area (Å²) in [6, 6.07) is 0. The first-order chi connectivity index (χ1) is 13.2. The summed E-state index contributed by atoms with van der Waals surface area (Å²) in [5, 5.41) is 0. The SMILES string of the molecule is C=C(C)C(=O)OCCOCCOCCC(=O)Oc1c(F)c(F)c(F)c(F)c1F. The molecule has 0 aliphatic carbocycles. The third-order valence-corrected chi connectivity index (χ3v) is 3.02. The highest BCUT2D eigenvalue weighted by Crippen LogP contribution is 2.29. The summed E-state index contributed by atoms with van der Waals surface area (Å²) in [5.74, 6) is -14.8. The van der Waals surface area contributed by atoms with Gasteiger partial charge in [0.15, 0.2) is 0 Å². The van der Waals surface area contributed by atoms with Gasteiger partial charge in [0.1, 0.15) is 6.61 Å². The summed E-state index contributed by atoms with van der Waals surface area (Å²) < 4.78 is 84.6. The number of carbonyl (C=O) groups excluding carboxylic acids is 2. The van der Waals surface area contributed by atoms with Crippen LogP contribution in [0.15, 0.2) is 12.2 Å². The Bertz CT molecular complexity index is 708. The molecule has 0 radical (unpaired) electrons. The molecule has 0 spiro atoms. The van der Waals surface area contributed by atoms with Crippen molar-refractivity contribution in [2.45, 2.75) is 13.3 Å². The number of halogens is 5. The predicted octanol–water partition coefficient (Wildman–Crippen LogP) is 2.83. The van der Waals surface area contributed by atoms with E-state index < -0.39 is 53.2 Å². The predicted molar refractivity (Wildman–Crippen MR) is 83.9 cm³/mol. The molecule has 11 heteroatoms. The van der Waals surface area contributed by atoms with E-state index >= 15 is 0 Å². The first-order valence-electron chi connectivity index (χ1n) is 7.87. The van der Waals surface area contributed by atoms with Crippen molar-refractivity contribution < 1.29 is 50.5 Å². The molecule has 6 nitrogen and oxygen atoms in total. The second-order valence-electron chi connectivity index (χ2n) is 5.26. The van der Waals surface area contributed by atoms with Gasteiger partial charge in [-0.3, -0.25) is 4.79 Å². The summed E-state index contributed by atoms with van der Waals surface area (Å²) in [5.41, 5.74) is 0.251. The molecular formula is C17H17F5O6. The zero-order chi connectivity index (χ0) is 21.3. The standard InChI is InChI=1S/C17H17F5O6/c1-9(2)17(24)27-8-7-26-6-5-25-4-3-10(23)28-16-14(21)12(19)11(18)13(20)15(16)22/h1,3-8H2,2H3. The van der Waals surface area contributed by atoms with Crippen LogP contribution < -0.4 is 4.74 Å². The molecule has 0 amide bonds. The van der Waals surface area contributed by atoms with E-state index in [0.717, 1.165) is 0 Å². The summed E-state index contributed by atoms with van der Waals surface area (Å²) in [4.78, 5) is 22.5. The normalized spacial score (nSPS) is 10.6. The van der Waals surface area contributed by atoms with Gasteiger partial charge in [-0.15, -0.1) is 0 Å². The van der Waals surface area contributed by atoms with Gasteiger partial charge in [0, 0.05) is 5.57 Å². The Hall–Kier alpha value is -2.53. The van der Waals surface area contributed by atoms with E-state index in [9.17, 15) is 31.5 Å². The second-order valence-corrected chi connectivity index (χ2v) is 5.26. The maximum atomic E-state index is 13.4. The van der Waals surface area contributed by atoms with Crippen LogP contribution in [0, 0.1) is 29.1 Å². The van der Waals surface area contributed by atoms with E-state index in [1.165, 1.54) is 6.92 Å². The van der Waals surface area contributed by atoms with Gasteiger partial charge in [0.05, 0.1) is 32.8 Å². The highest BCUT2D eigenvalue weighted by molar-refractivity contribution is 5.86. The average molecular weight is 412 g/mol. The molecule has 0 atom stereocenters. The Balaban J connectivity index is 2.25. The van der Waals surface area contributed by atoms with Gasteiger partial charge in [-0.05, 0) is 6.92 Å². The van der Waals surface area contributed by atoms with Gasteiger partial charge < -0.3 is 18.9 Å². The summed E-state index contributed by atoms with van der Waals surface area (Å²) in [6.07, 6.45) is -0.504. The van der Waals surface area contributed by atoms with E-state index in [4.69, 9.17) is 14.2 Å². The van der Waals surface area contributed by atoms with Crippen molar-refractivity contribution in [3.8, 4) is 5.75 Å². The van der Waals surface area contributed by atoms with E-state index in [-0.39, 0.29) is 38.6 Å². The quantitative estimate of drug-likeness (QED) is 0.106. The van der Waals surface area contributed by atoms with Crippen molar-refractivity contribution in [3.63, 3.8) is 0 Å². The van der Waals surface area contributed by atoms with Crippen LogP contribution in [-0.2, 0) is 23.8 Å². The van der Waals surface area contributed by atoms with Crippen LogP contribution in [0.25, 0.3) is 0 Å². The fourth-order valence-corrected chi connectivity index (χ4v) is 1.63. The number of hydrogen-bond donors (Lipinski definition) is 0. The van der Waals surface area contributed by atoms with Gasteiger partial charge in [0.2, 0.25) is 34.8 Å². The molecule has 156 valence electrons. The summed E-state index contributed by atoms with van der Waals surface area (Å²) in [6.45, 7) is 4.89. The first-order valence-corrected chi connectivity index (χ1v) is 7.87. The Kier molecular flexibility index (Phi) is 9.52. The lowest BCUT2D eigenvalue weighted by atomic mass is 10.2. The van der Waals surface area contributed by atoms with Gasteiger partial charge in [0.25, 0.3) is 0 Å². The van der Waals surface area contributed by atoms with Crippen LogP contribution in [0.4, 0.5) is 22.0 Å². The van der Waals surface area contributed by atoms with Gasteiger partial charge >= 0.3 is 11.9 Å². The van der Waals surface area contributed by atoms with Gasteiger partial charge in [-0.25, -0.2) is 18.0 Å². The molecule has 0 saturated carbocycles. The van der Waals surface area contributed by atoms with Gasteiger partial charge in [-0.1, -0.05) is 6.58 Å². The number of benzene rings is 1. The van der Waals surface area contributed by atoms with Crippen LogP contribution in [0.5, 0.6) is 5.75 Å². The minimum absolute atomic E-state index is 0.0138. The zero-order valence-corrected chi connectivity index (χ0v) is 14.8. The maximum absolute atomic E-state index is 13.4. The molecule has 1 rings (SSSR count). The number of esters is 2. The van der Waals surface area contributed by atoms with E-state index in [1.807, 2.05) is 0 Å². The fraction of sp³-hybridized carbons (Fsp3) is 0.412. The molecule has 0 saturated heterocycles. The van der Waals surface area contributed by atoms with Crippen molar-refractivity contribution in [3.05, 3.63) is 41.2 Å². The maximum Gasteiger partial charge on any atom is 0.333 e. The largest absolute Gasteiger partial charge is 0.460 e. The lowest BCUT2D eigenvalue weighted by Gasteiger charge is -2.09. The smallest absolute Gasteiger partial charge is 0.333 e. The van der Waals surface area contributed by atoms with Crippen molar-refractivity contribution >= 4 is 11.9 Å². The highest BCUT2D eigenvalue weighted by atomic mass is 19.2. The molecule has 0 fully saturated rings. The molecule has 0 N–H and O–H groups in total. The average Bonchev–Trinajstić information content (AvgIpc) is 2.66. The number of ether oxygens (including phenoxy) is 4. The van der Waals surface area contributed by atoms with Crippen molar-refractivity contribution in [1.29, 1.82) is 0 Å². The van der Waals surface area contributed by atoms with Crippen LogP contribution in [-0.4, -0.2) is 45.0 Å². The summed E-state index contributed by atoms with van der Waals surface area (Å²) >= 11 is 0. The van der Waals surface area contributed by atoms with E-state index in [1.54, 1.807) is 0 Å². The minimum atomic E-state index is -2.35. The molecule has 1 aromatic carbocycles. The molecule has 1 aromatic rings. The Morgan fingerprint density at radius 2 is 1.25 bits per heavy atom. The van der Waals surface area contributed by atoms with Crippen LogP contribution in [0.3, 0.4) is 0 Å². The fourth-order valence-electron chi connectivity index (χ4n) is 1.63. The Morgan fingerprint density at radius 1 is 0.786 bits per heavy atom. The minimum Gasteiger partial charge on any atom is -0.460 e. The number of carbonyl (C=O) groups is 2. The second kappa shape index (κ2) is 11.3. The number of hydrogen-bond acceptors (Lipinski definition) is 6. The van der Waals surface area contributed by atoms with Gasteiger partial charge in [-0.2, -0.15) is 8.78 Å². The van der Waals surface area contributed by atoms with Crippen molar-refractivity contribution in [1.82, 2.24) is 0 Å². The van der Waals surface area contributed by atoms with Crippen molar-refractivity contribution in [2.75, 3.05) is 33.0 Å². The molecule has 0 aromatic heterocycles. The molecule has 0 unspecified atom stereocenters. The summed E-state index contributed by atoms with van der Waals surface area (Å²) in [7, 11) is 0. The first kappa shape index (κ1) is 23.5. The topological polar surface area (TPSA) is 71.1 Å². The third-order valence-electron chi connectivity index (χ3n) is 3.02. The van der Waals surface area contributed by atoms with E-state index in [2.05, 4.69) is 11.3 Å². The van der Waals surface area contributed by atoms with Crippen molar-refractivity contribution in [2.24, 2.45) is 0 Å². The molecular weight excluding hydrogens is 395 g/mol. The molecule has 0 aliphatic rings. The van der Waals surface area contributed by atoms with E-state index in [0.29, 0.717) is 0 Å². The lowest BCUT2D eigenvalue weighted by molar-refractivity contribution is -0.140. The third kappa shape index (κ3) is 6.89. The molecule has 0 aliphatic heterocycles. The lowest BCUT2D eigenvalue weighted by Crippen LogP contribution is -2.16. The molecule has 0 heterocycles. The van der Waals surface area contributed by atoms with Crippen LogP contribution in [0.2, 0.25) is 0 Å². The molecule has 28 heavy (non-hydrogen) atoms. The highest BCUT2D eigenvalue weighted by Gasteiger charge is 2.28. The zero-order valence-electron chi connectivity index (χ0n) is 14.8.